The third-order valence-electron chi connectivity index (χ3n) is 4.61. The van der Waals surface area contributed by atoms with Crippen molar-refractivity contribution in [3.8, 4) is 0 Å². The maximum Gasteiger partial charge on any atom is 0.0516 e. The number of para-hydroxylation sites is 1. The predicted octanol–water partition coefficient (Wildman–Crippen LogP) is 2.69. The Balaban J connectivity index is 1.92. The quantitative estimate of drug-likeness (QED) is 0.670. The number of piperidine rings is 1. The van der Waals surface area contributed by atoms with Crippen molar-refractivity contribution in [2.45, 2.75) is 18.9 Å². The molecule has 2 aliphatic rings. The summed E-state index contributed by atoms with van der Waals surface area (Å²) in [6.07, 6.45) is 3.61. The highest BCUT2D eigenvalue weighted by atomic mass is 15.1. The molecular weight excluding hydrogens is 208 g/mol. The largest absolute Gasteiger partial charge is 0.347 e. The van der Waals surface area contributed by atoms with Crippen molar-refractivity contribution in [3.05, 3.63) is 36.0 Å². The summed E-state index contributed by atoms with van der Waals surface area (Å²) in [5.74, 6) is 1.59. The third-order valence-corrected chi connectivity index (χ3v) is 4.61. The number of likely N-dealkylation sites (tertiary alicyclic amines) is 1. The standard InChI is InChI=1S/C15H18N2/c1-16-7-5-12-9-17-8-6-11-3-2-4-13(15(11)17)14(12)10-16/h2-4,6,8,12,14H,5,7,9-10H2,1H3/t12-,14+/m1/s1. The van der Waals surface area contributed by atoms with Crippen LogP contribution in [0.15, 0.2) is 30.5 Å². The van der Waals surface area contributed by atoms with Crippen molar-refractivity contribution < 1.29 is 0 Å². The summed E-state index contributed by atoms with van der Waals surface area (Å²) in [6.45, 7) is 3.71. The molecule has 2 aromatic rings. The molecule has 4 rings (SSSR count). The van der Waals surface area contributed by atoms with Gasteiger partial charge in [0.05, 0.1) is 5.52 Å². The summed E-state index contributed by atoms with van der Waals surface area (Å²) in [5, 5.41) is 1.41. The van der Waals surface area contributed by atoms with Gasteiger partial charge in [-0.15, -0.1) is 0 Å². The van der Waals surface area contributed by atoms with E-state index in [-0.39, 0.29) is 0 Å². The van der Waals surface area contributed by atoms with Crippen molar-refractivity contribution in [1.82, 2.24) is 9.47 Å². The van der Waals surface area contributed by atoms with Crippen molar-refractivity contribution in [3.63, 3.8) is 0 Å². The van der Waals surface area contributed by atoms with Crippen LogP contribution in [-0.4, -0.2) is 29.6 Å². The first-order chi connectivity index (χ1) is 8.33. The zero-order valence-corrected chi connectivity index (χ0v) is 10.3. The molecule has 0 saturated carbocycles. The SMILES string of the molecule is CN1CC[C@@H]2Cn3ccc4cccc(c43)[C@H]2C1. The van der Waals surface area contributed by atoms with Gasteiger partial charge in [-0.1, -0.05) is 18.2 Å². The molecule has 1 aromatic carbocycles. The molecule has 2 heteroatoms. The van der Waals surface area contributed by atoms with E-state index in [9.17, 15) is 0 Å². The van der Waals surface area contributed by atoms with Gasteiger partial charge < -0.3 is 9.47 Å². The molecule has 17 heavy (non-hydrogen) atoms. The van der Waals surface area contributed by atoms with E-state index in [0.29, 0.717) is 0 Å². The van der Waals surface area contributed by atoms with E-state index < -0.39 is 0 Å². The predicted molar refractivity (Wildman–Crippen MR) is 70.3 cm³/mol. The highest BCUT2D eigenvalue weighted by Crippen LogP contribution is 2.41. The Hall–Kier alpha value is -1.28. The van der Waals surface area contributed by atoms with Crippen LogP contribution < -0.4 is 0 Å². The molecule has 0 radical (unpaired) electrons. The summed E-state index contributed by atoms with van der Waals surface area (Å²) < 4.78 is 2.47. The third kappa shape index (κ3) is 1.31. The van der Waals surface area contributed by atoms with Gasteiger partial charge in [-0.05, 0) is 42.9 Å². The van der Waals surface area contributed by atoms with Crippen molar-refractivity contribution in [2.24, 2.45) is 5.92 Å². The number of hydrogen-bond donors (Lipinski definition) is 0. The second-order valence-electron chi connectivity index (χ2n) is 5.67. The molecule has 0 spiro atoms. The normalized spacial score (nSPS) is 28.3. The monoisotopic (exact) mass is 226 g/mol. The first-order valence-corrected chi connectivity index (χ1v) is 6.59. The average Bonchev–Trinajstić information content (AvgIpc) is 2.75. The fourth-order valence-corrected chi connectivity index (χ4v) is 3.73. The Morgan fingerprint density at radius 1 is 1.18 bits per heavy atom. The zero-order chi connectivity index (χ0) is 11.4. The molecule has 0 N–H and O–H groups in total. The number of hydrogen-bond acceptors (Lipinski definition) is 1. The molecule has 0 aliphatic carbocycles. The van der Waals surface area contributed by atoms with Crippen molar-refractivity contribution in [1.29, 1.82) is 0 Å². The van der Waals surface area contributed by atoms with E-state index in [2.05, 4.69) is 47.0 Å². The van der Waals surface area contributed by atoms with Crippen LogP contribution in [0.5, 0.6) is 0 Å². The van der Waals surface area contributed by atoms with E-state index >= 15 is 0 Å². The molecule has 2 atom stereocenters. The van der Waals surface area contributed by atoms with Crippen LogP contribution in [0.3, 0.4) is 0 Å². The summed E-state index contributed by atoms with van der Waals surface area (Å²) in [7, 11) is 2.25. The van der Waals surface area contributed by atoms with Gasteiger partial charge in [0.2, 0.25) is 0 Å². The molecule has 1 fully saturated rings. The average molecular weight is 226 g/mol. The van der Waals surface area contributed by atoms with Gasteiger partial charge >= 0.3 is 0 Å². The minimum absolute atomic E-state index is 0.750. The van der Waals surface area contributed by atoms with E-state index in [1.807, 2.05) is 0 Å². The van der Waals surface area contributed by atoms with Crippen molar-refractivity contribution >= 4 is 10.9 Å². The number of likely N-dealkylation sites (N-methyl/N-ethyl adjacent to an activating group) is 1. The highest BCUT2D eigenvalue weighted by Gasteiger charge is 2.33. The van der Waals surface area contributed by atoms with Gasteiger partial charge in [-0.2, -0.15) is 0 Å². The summed E-state index contributed by atoms with van der Waals surface area (Å²) in [5.41, 5.74) is 3.07. The Kier molecular flexibility index (Phi) is 1.92. The summed E-state index contributed by atoms with van der Waals surface area (Å²) in [4.78, 5) is 2.48. The Morgan fingerprint density at radius 2 is 2.12 bits per heavy atom. The maximum atomic E-state index is 2.48. The molecule has 88 valence electrons. The van der Waals surface area contributed by atoms with Crippen molar-refractivity contribution in [2.75, 3.05) is 20.1 Å². The number of nitrogens with zero attached hydrogens (tertiary/aromatic N) is 2. The number of benzene rings is 1. The molecule has 2 nitrogen and oxygen atoms in total. The maximum absolute atomic E-state index is 2.48. The van der Waals surface area contributed by atoms with E-state index in [0.717, 1.165) is 11.8 Å². The smallest absolute Gasteiger partial charge is 0.0516 e. The van der Waals surface area contributed by atoms with Gasteiger partial charge in [0, 0.05) is 25.2 Å². The Labute approximate surface area is 102 Å². The molecule has 0 bridgehead atoms. The topological polar surface area (TPSA) is 8.17 Å². The van der Waals surface area contributed by atoms with Crippen LogP contribution >= 0.6 is 0 Å². The summed E-state index contributed by atoms with van der Waals surface area (Å²) >= 11 is 0. The van der Waals surface area contributed by atoms with Gasteiger partial charge in [0.25, 0.3) is 0 Å². The molecule has 3 heterocycles. The molecule has 2 aliphatic heterocycles. The Morgan fingerprint density at radius 3 is 3.06 bits per heavy atom. The van der Waals surface area contributed by atoms with E-state index in [4.69, 9.17) is 0 Å². The number of aromatic nitrogens is 1. The number of fused-ring (bicyclic) bond motifs is 2. The highest BCUT2D eigenvalue weighted by molar-refractivity contribution is 5.84. The second kappa shape index (κ2) is 3.36. The number of rotatable bonds is 0. The molecule has 1 saturated heterocycles. The second-order valence-corrected chi connectivity index (χ2v) is 5.67. The van der Waals surface area contributed by atoms with Crippen LogP contribution in [0.4, 0.5) is 0 Å². The lowest BCUT2D eigenvalue weighted by atomic mass is 9.78. The zero-order valence-electron chi connectivity index (χ0n) is 10.3. The minimum atomic E-state index is 0.750. The minimum Gasteiger partial charge on any atom is -0.347 e. The van der Waals surface area contributed by atoms with Crippen LogP contribution in [0.2, 0.25) is 0 Å². The van der Waals surface area contributed by atoms with Gasteiger partial charge in [0.1, 0.15) is 0 Å². The Bertz CT molecular complexity index is 569. The van der Waals surface area contributed by atoms with Gasteiger partial charge in [0.15, 0.2) is 0 Å². The van der Waals surface area contributed by atoms with Gasteiger partial charge in [-0.25, -0.2) is 0 Å². The van der Waals surface area contributed by atoms with Crippen LogP contribution in [-0.2, 0) is 6.54 Å². The van der Waals surface area contributed by atoms with Crippen LogP contribution in [0, 0.1) is 5.92 Å². The fraction of sp³-hybridized carbons (Fsp3) is 0.467. The van der Waals surface area contributed by atoms with E-state index in [1.165, 1.54) is 37.0 Å². The first-order valence-electron chi connectivity index (χ1n) is 6.59. The molecule has 1 aromatic heterocycles. The molecule has 0 amide bonds. The first kappa shape index (κ1) is 9.72. The lowest BCUT2D eigenvalue weighted by molar-refractivity contribution is 0.170. The fourth-order valence-electron chi connectivity index (χ4n) is 3.73. The lowest BCUT2D eigenvalue weighted by Crippen LogP contribution is -2.40. The van der Waals surface area contributed by atoms with Crippen LogP contribution in [0.1, 0.15) is 17.9 Å². The van der Waals surface area contributed by atoms with Crippen LogP contribution in [0.25, 0.3) is 10.9 Å². The summed E-state index contributed by atoms with van der Waals surface area (Å²) in [6, 6.07) is 9.07. The molecule has 0 unspecified atom stereocenters. The van der Waals surface area contributed by atoms with Gasteiger partial charge in [-0.3, -0.25) is 0 Å². The molecular formula is C15H18N2. The van der Waals surface area contributed by atoms with E-state index in [1.54, 1.807) is 5.56 Å². The lowest BCUT2D eigenvalue weighted by Gasteiger charge is -2.40.